The molecule has 2 heterocycles. The SMILES string of the molecule is Nc1ccc(-c2cn[nH]c2)nc1. The first-order chi connectivity index (χ1) is 5.86. The topological polar surface area (TPSA) is 67.6 Å². The molecule has 0 aliphatic heterocycles. The highest BCUT2D eigenvalue weighted by atomic mass is 15.1. The Labute approximate surface area is 69.4 Å². The molecule has 0 unspecified atom stereocenters. The lowest BCUT2D eigenvalue weighted by Gasteiger charge is -1.95. The van der Waals surface area contributed by atoms with Gasteiger partial charge in [-0.05, 0) is 12.1 Å². The first-order valence-corrected chi connectivity index (χ1v) is 3.57. The second-order valence-electron chi connectivity index (χ2n) is 2.46. The lowest BCUT2D eigenvalue weighted by molar-refractivity contribution is 1.09. The van der Waals surface area contributed by atoms with Crippen LogP contribution in [0.5, 0.6) is 0 Å². The van der Waals surface area contributed by atoms with Crippen LogP contribution in [0, 0.1) is 0 Å². The number of aromatic nitrogens is 3. The third kappa shape index (κ3) is 1.14. The Kier molecular flexibility index (Phi) is 1.51. The van der Waals surface area contributed by atoms with E-state index in [1.165, 1.54) is 0 Å². The van der Waals surface area contributed by atoms with Crippen LogP contribution in [-0.4, -0.2) is 15.2 Å². The molecule has 0 aliphatic carbocycles. The van der Waals surface area contributed by atoms with E-state index in [0.717, 1.165) is 11.3 Å². The Morgan fingerprint density at radius 1 is 1.25 bits per heavy atom. The van der Waals surface area contributed by atoms with Gasteiger partial charge in [-0.3, -0.25) is 10.1 Å². The minimum atomic E-state index is 0.669. The summed E-state index contributed by atoms with van der Waals surface area (Å²) in [5, 5.41) is 6.55. The van der Waals surface area contributed by atoms with E-state index >= 15 is 0 Å². The van der Waals surface area contributed by atoms with E-state index in [1.807, 2.05) is 12.1 Å². The molecule has 2 aromatic rings. The van der Waals surface area contributed by atoms with Crippen molar-refractivity contribution < 1.29 is 0 Å². The number of rotatable bonds is 1. The summed E-state index contributed by atoms with van der Waals surface area (Å²) in [4.78, 5) is 4.14. The lowest BCUT2D eigenvalue weighted by Crippen LogP contribution is -1.86. The number of nitrogen functional groups attached to an aromatic ring is 1. The van der Waals surface area contributed by atoms with E-state index in [1.54, 1.807) is 18.6 Å². The van der Waals surface area contributed by atoms with Gasteiger partial charge in [-0.1, -0.05) is 0 Å². The average Bonchev–Trinajstić information content (AvgIpc) is 2.58. The molecule has 0 saturated carbocycles. The van der Waals surface area contributed by atoms with Crippen molar-refractivity contribution in [3.8, 4) is 11.3 Å². The fourth-order valence-electron chi connectivity index (χ4n) is 0.967. The predicted molar refractivity (Wildman–Crippen MR) is 46.2 cm³/mol. The van der Waals surface area contributed by atoms with Gasteiger partial charge in [0, 0.05) is 11.8 Å². The Balaban J connectivity index is 2.43. The zero-order valence-corrected chi connectivity index (χ0v) is 6.36. The molecule has 0 spiro atoms. The number of aromatic amines is 1. The van der Waals surface area contributed by atoms with E-state index in [0.29, 0.717) is 5.69 Å². The van der Waals surface area contributed by atoms with Crippen LogP contribution < -0.4 is 5.73 Å². The summed E-state index contributed by atoms with van der Waals surface area (Å²) < 4.78 is 0. The fourth-order valence-corrected chi connectivity index (χ4v) is 0.967. The number of nitrogens with one attached hydrogen (secondary N) is 1. The molecule has 0 aromatic carbocycles. The molecule has 0 radical (unpaired) electrons. The number of hydrogen-bond acceptors (Lipinski definition) is 3. The van der Waals surface area contributed by atoms with Crippen LogP contribution in [-0.2, 0) is 0 Å². The van der Waals surface area contributed by atoms with E-state index in [9.17, 15) is 0 Å². The van der Waals surface area contributed by atoms with Crippen LogP contribution in [0.1, 0.15) is 0 Å². The van der Waals surface area contributed by atoms with Gasteiger partial charge < -0.3 is 5.73 Å². The quantitative estimate of drug-likeness (QED) is 0.655. The number of pyridine rings is 1. The lowest BCUT2D eigenvalue weighted by atomic mass is 10.2. The molecule has 60 valence electrons. The molecule has 0 amide bonds. The molecule has 3 N–H and O–H groups in total. The Morgan fingerprint density at radius 3 is 2.75 bits per heavy atom. The van der Waals surface area contributed by atoms with Crippen molar-refractivity contribution >= 4 is 5.69 Å². The van der Waals surface area contributed by atoms with Gasteiger partial charge in [0.1, 0.15) is 0 Å². The molecule has 2 rings (SSSR count). The van der Waals surface area contributed by atoms with E-state index in [-0.39, 0.29) is 0 Å². The first-order valence-electron chi connectivity index (χ1n) is 3.57. The summed E-state index contributed by atoms with van der Waals surface area (Å²) in [5.74, 6) is 0. The highest BCUT2D eigenvalue weighted by molar-refractivity contribution is 5.58. The summed E-state index contributed by atoms with van der Waals surface area (Å²) >= 11 is 0. The van der Waals surface area contributed by atoms with E-state index < -0.39 is 0 Å². The third-order valence-corrected chi connectivity index (χ3v) is 1.58. The van der Waals surface area contributed by atoms with Crippen LogP contribution in [0.2, 0.25) is 0 Å². The first kappa shape index (κ1) is 6.84. The maximum absolute atomic E-state index is 5.49. The molecule has 12 heavy (non-hydrogen) atoms. The van der Waals surface area contributed by atoms with Gasteiger partial charge in [0.15, 0.2) is 0 Å². The monoisotopic (exact) mass is 160 g/mol. The highest BCUT2D eigenvalue weighted by Crippen LogP contribution is 2.14. The second-order valence-corrected chi connectivity index (χ2v) is 2.46. The number of hydrogen-bond donors (Lipinski definition) is 2. The molecular formula is C8H8N4. The van der Waals surface area contributed by atoms with Crippen LogP contribution in [0.3, 0.4) is 0 Å². The Morgan fingerprint density at radius 2 is 2.17 bits per heavy atom. The molecule has 0 atom stereocenters. The maximum Gasteiger partial charge on any atom is 0.0735 e. The van der Waals surface area contributed by atoms with Gasteiger partial charge in [-0.2, -0.15) is 5.10 Å². The molecular weight excluding hydrogens is 152 g/mol. The number of nitrogens with zero attached hydrogens (tertiary/aromatic N) is 2. The van der Waals surface area contributed by atoms with Crippen molar-refractivity contribution in [1.82, 2.24) is 15.2 Å². The van der Waals surface area contributed by atoms with Crippen LogP contribution in [0.15, 0.2) is 30.7 Å². The summed E-state index contributed by atoms with van der Waals surface area (Å²) in [5.41, 5.74) is 8.00. The minimum absolute atomic E-state index is 0.669. The Hall–Kier alpha value is -1.84. The van der Waals surface area contributed by atoms with Gasteiger partial charge >= 0.3 is 0 Å². The van der Waals surface area contributed by atoms with Crippen molar-refractivity contribution in [3.63, 3.8) is 0 Å². The van der Waals surface area contributed by atoms with E-state index in [2.05, 4.69) is 15.2 Å². The van der Waals surface area contributed by atoms with Crippen molar-refractivity contribution in [2.45, 2.75) is 0 Å². The number of H-pyrrole nitrogens is 1. The number of anilines is 1. The molecule has 0 saturated heterocycles. The standard InChI is InChI=1S/C8H8N4/c9-7-1-2-8(10-5-7)6-3-11-12-4-6/h1-5H,9H2,(H,11,12). The summed E-state index contributed by atoms with van der Waals surface area (Å²) in [7, 11) is 0. The molecule has 0 bridgehead atoms. The van der Waals surface area contributed by atoms with Gasteiger partial charge in [-0.25, -0.2) is 0 Å². The van der Waals surface area contributed by atoms with E-state index in [4.69, 9.17) is 5.73 Å². The maximum atomic E-state index is 5.49. The highest BCUT2D eigenvalue weighted by Gasteiger charge is 1.97. The Bertz CT molecular complexity index is 349. The number of nitrogens with two attached hydrogens (primary N) is 1. The predicted octanol–water partition coefficient (Wildman–Crippen LogP) is 1.05. The van der Waals surface area contributed by atoms with Gasteiger partial charge in [-0.15, -0.1) is 0 Å². The third-order valence-electron chi connectivity index (χ3n) is 1.58. The molecule has 0 aliphatic rings. The van der Waals surface area contributed by atoms with Gasteiger partial charge in [0.05, 0.1) is 23.8 Å². The fraction of sp³-hybridized carbons (Fsp3) is 0. The molecule has 4 nitrogen and oxygen atoms in total. The second kappa shape index (κ2) is 2.65. The zero-order chi connectivity index (χ0) is 8.39. The summed E-state index contributed by atoms with van der Waals surface area (Å²) in [6, 6.07) is 3.68. The summed E-state index contributed by atoms with van der Waals surface area (Å²) in [6.07, 6.45) is 5.14. The van der Waals surface area contributed by atoms with Crippen molar-refractivity contribution in [1.29, 1.82) is 0 Å². The molecule has 4 heteroatoms. The van der Waals surface area contributed by atoms with Crippen LogP contribution >= 0.6 is 0 Å². The van der Waals surface area contributed by atoms with Crippen molar-refractivity contribution in [2.75, 3.05) is 5.73 Å². The molecule has 2 aromatic heterocycles. The largest absolute Gasteiger partial charge is 0.397 e. The van der Waals surface area contributed by atoms with Gasteiger partial charge in [0.25, 0.3) is 0 Å². The minimum Gasteiger partial charge on any atom is -0.397 e. The summed E-state index contributed by atoms with van der Waals surface area (Å²) in [6.45, 7) is 0. The van der Waals surface area contributed by atoms with Crippen LogP contribution in [0.4, 0.5) is 5.69 Å². The molecule has 0 fully saturated rings. The average molecular weight is 160 g/mol. The zero-order valence-electron chi connectivity index (χ0n) is 6.36. The van der Waals surface area contributed by atoms with Crippen LogP contribution in [0.25, 0.3) is 11.3 Å². The smallest absolute Gasteiger partial charge is 0.0735 e. The van der Waals surface area contributed by atoms with Crippen molar-refractivity contribution in [3.05, 3.63) is 30.7 Å². The van der Waals surface area contributed by atoms with Crippen molar-refractivity contribution in [2.24, 2.45) is 0 Å². The van der Waals surface area contributed by atoms with Gasteiger partial charge in [0.2, 0.25) is 0 Å². The normalized spacial score (nSPS) is 10.0.